The van der Waals surface area contributed by atoms with Crippen LogP contribution in [0.1, 0.15) is 135 Å². The Morgan fingerprint density at radius 1 is 0.351 bits per heavy atom. The summed E-state index contributed by atoms with van der Waals surface area (Å²) in [5.74, 6) is 0. The third kappa shape index (κ3) is 11.2. The van der Waals surface area contributed by atoms with Crippen molar-refractivity contribution in [3.63, 3.8) is 0 Å². The molecule has 0 aromatic heterocycles. The maximum Gasteiger partial charge on any atom is 0.113 e. The van der Waals surface area contributed by atoms with Crippen LogP contribution in [0.4, 0.5) is 0 Å². The quantitative estimate of drug-likeness (QED) is 0.0739. The van der Waals surface area contributed by atoms with E-state index in [1.54, 1.807) is 0 Å². The SMILES string of the molecule is CCCCCCC12SC3(CCCCCCBr)SC(CCCCCCBr)(S1)SC(CCCCCCBr)(S2)S3. The van der Waals surface area contributed by atoms with Crippen LogP contribution < -0.4 is 0 Å². The smallest absolute Gasteiger partial charge is 0.104 e. The van der Waals surface area contributed by atoms with Crippen LogP contribution in [-0.2, 0) is 0 Å². The standard InChI is InChI=1S/C28H49Br3S6/c1-2-3-4-11-18-25-32-26(19-12-5-8-15-22-29)35-27(33-25,20-13-6-9-16-23-30)37-28(34-25,36-26)21-14-7-10-17-24-31/h2-24H2,1H3. The first-order chi connectivity index (χ1) is 18.0. The van der Waals surface area contributed by atoms with Crippen molar-refractivity contribution in [1.82, 2.24) is 0 Å². The first kappa shape index (κ1) is 35.0. The van der Waals surface area contributed by atoms with Crippen molar-refractivity contribution in [2.24, 2.45) is 0 Å². The Morgan fingerprint density at radius 2 is 0.595 bits per heavy atom. The van der Waals surface area contributed by atoms with E-state index in [0.29, 0.717) is 13.6 Å². The molecular formula is C28H49Br3S6. The van der Waals surface area contributed by atoms with E-state index in [4.69, 9.17) is 0 Å². The highest BCUT2D eigenvalue weighted by atomic mass is 79.9. The van der Waals surface area contributed by atoms with Crippen molar-refractivity contribution in [3.05, 3.63) is 0 Å². The predicted octanol–water partition coefficient (Wildman–Crippen LogP) is 14.0. The molecule has 4 saturated heterocycles. The van der Waals surface area contributed by atoms with E-state index in [1.807, 2.05) is 0 Å². The lowest BCUT2D eigenvalue weighted by Gasteiger charge is -2.67. The van der Waals surface area contributed by atoms with Gasteiger partial charge < -0.3 is 0 Å². The Labute approximate surface area is 280 Å². The minimum Gasteiger partial charge on any atom is -0.104 e. The van der Waals surface area contributed by atoms with Crippen molar-refractivity contribution >= 4 is 118 Å². The number of hydrogen-bond acceptors (Lipinski definition) is 6. The van der Waals surface area contributed by atoms with Crippen LogP contribution in [0.25, 0.3) is 0 Å². The van der Waals surface area contributed by atoms with Crippen molar-refractivity contribution in [1.29, 1.82) is 0 Å². The number of unbranched alkanes of at least 4 members (excludes halogenated alkanes) is 12. The topological polar surface area (TPSA) is 0 Å². The van der Waals surface area contributed by atoms with Gasteiger partial charge in [-0.3, -0.25) is 0 Å². The van der Waals surface area contributed by atoms with Gasteiger partial charge in [0.2, 0.25) is 0 Å². The molecule has 4 bridgehead atoms. The summed E-state index contributed by atoms with van der Waals surface area (Å²) in [5.41, 5.74) is 0. The average molecular weight is 818 g/mol. The van der Waals surface area contributed by atoms with Gasteiger partial charge in [-0.15, -0.1) is 70.6 Å². The van der Waals surface area contributed by atoms with Gasteiger partial charge in [-0.05, 0) is 44.9 Å². The first-order valence-corrected chi connectivity index (χ1v) is 23.1. The van der Waals surface area contributed by atoms with E-state index in [-0.39, 0.29) is 0 Å². The van der Waals surface area contributed by atoms with Gasteiger partial charge in [-0.2, -0.15) is 0 Å². The summed E-state index contributed by atoms with van der Waals surface area (Å²) < 4.78 is 1.53. The molecule has 0 radical (unpaired) electrons. The molecule has 9 heteroatoms. The van der Waals surface area contributed by atoms with Crippen LogP contribution in [0.5, 0.6) is 0 Å². The molecule has 218 valence electrons. The van der Waals surface area contributed by atoms with E-state index in [0.717, 1.165) is 16.0 Å². The summed E-state index contributed by atoms with van der Waals surface area (Å²) in [5, 5.41) is 3.49. The lowest BCUT2D eigenvalue weighted by molar-refractivity contribution is 0.616. The van der Waals surface area contributed by atoms with E-state index < -0.39 is 0 Å². The molecule has 0 amide bonds. The van der Waals surface area contributed by atoms with E-state index in [9.17, 15) is 0 Å². The fourth-order valence-electron chi connectivity index (χ4n) is 5.42. The minimum atomic E-state index is 0.382. The number of rotatable bonds is 23. The minimum absolute atomic E-state index is 0.382. The second kappa shape index (κ2) is 18.4. The highest BCUT2D eigenvalue weighted by Gasteiger charge is 2.71. The molecule has 4 aliphatic heterocycles. The summed E-state index contributed by atoms with van der Waals surface area (Å²) >= 11 is 25.5. The van der Waals surface area contributed by atoms with Crippen molar-refractivity contribution in [2.45, 2.75) is 149 Å². The molecule has 4 rings (SSSR count). The maximum absolute atomic E-state index is 3.64. The fourth-order valence-corrected chi connectivity index (χ4v) is 28.5. The second-order valence-corrected chi connectivity index (χ2v) is 25.8. The molecule has 0 spiro atoms. The third-order valence-corrected chi connectivity index (χ3v) is 21.2. The van der Waals surface area contributed by atoms with Crippen LogP contribution >= 0.6 is 118 Å². The summed E-state index contributed by atoms with van der Waals surface area (Å²) in [6.07, 6.45) is 27.9. The zero-order valence-corrected chi connectivity index (χ0v) is 32.5. The molecule has 0 unspecified atom stereocenters. The van der Waals surface area contributed by atoms with Crippen LogP contribution in [0.3, 0.4) is 0 Å². The molecule has 4 aliphatic rings. The molecule has 0 atom stereocenters. The van der Waals surface area contributed by atoms with Gasteiger partial charge in [-0.25, -0.2) is 0 Å². The zero-order valence-electron chi connectivity index (χ0n) is 22.8. The Hall–Kier alpha value is 3.54. The summed E-state index contributed by atoms with van der Waals surface area (Å²) in [6, 6.07) is 0. The molecule has 0 aliphatic carbocycles. The van der Waals surface area contributed by atoms with Gasteiger partial charge >= 0.3 is 0 Å². The van der Waals surface area contributed by atoms with E-state index in [1.165, 1.54) is 128 Å². The predicted molar refractivity (Wildman–Crippen MR) is 196 cm³/mol. The molecule has 0 N–H and O–H groups in total. The number of alkyl halides is 3. The molecule has 4 fully saturated rings. The average Bonchev–Trinajstić information content (AvgIpc) is 2.85. The maximum atomic E-state index is 3.64. The van der Waals surface area contributed by atoms with E-state index >= 15 is 0 Å². The van der Waals surface area contributed by atoms with Gasteiger partial charge in [0, 0.05) is 16.0 Å². The van der Waals surface area contributed by atoms with Crippen LogP contribution in [-0.4, -0.2) is 29.6 Å². The van der Waals surface area contributed by atoms with Gasteiger partial charge in [0.05, 0.1) is 0 Å². The van der Waals surface area contributed by atoms with Crippen LogP contribution in [0.15, 0.2) is 0 Å². The number of halogens is 3. The largest absolute Gasteiger partial charge is 0.113 e. The Bertz CT molecular complexity index is 557. The molecule has 0 nitrogen and oxygen atoms in total. The molecule has 0 aromatic rings. The van der Waals surface area contributed by atoms with Gasteiger partial charge in [0.25, 0.3) is 0 Å². The Balaban J connectivity index is 1.77. The van der Waals surface area contributed by atoms with Crippen molar-refractivity contribution in [3.8, 4) is 0 Å². The van der Waals surface area contributed by atoms with Crippen LogP contribution in [0, 0.1) is 0 Å². The highest BCUT2D eigenvalue weighted by Crippen LogP contribution is 2.91. The zero-order chi connectivity index (χ0) is 26.5. The molecular weight excluding hydrogens is 768 g/mol. The first-order valence-electron chi connectivity index (χ1n) is 14.9. The normalized spacial score (nSPS) is 32.4. The molecule has 37 heavy (non-hydrogen) atoms. The number of thioether (sulfide) groups is 6. The highest BCUT2D eigenvalue weighted by molar-refractivity contribution is 9.09. The summed E-state index contributed by atoms with van der Waals surface area (Å²) in [6.45, 7) is 2.35. The summed E-state index contributed by atoms with van der Waals surface area (Å²) in [7, 11) is 0. The lowest BCUT2D eigenvalue weighted by Crippen LogP contribution is -2.53. The molecule has 0 aromatic carbocycles. The van der Waals surface area contributed by atoms with Crippen LogP contribution in [0.2, 0.25) is 0 Å². The van der Waals surface area contributed by atoms with Crippen molar-refractivity contribution < 1.29 is 0 Å². The van der Waals surface area contributed by atoms with Gasteiger partial charge in [-0.1, -0.05) is 138 Å². The Morgan fingerprint density at radius 3 is 0.838 bits per heavy atom. The Kier molecular flexibility index (Phi) is 17.4. The monoisotopic (exact) mass is 814 g/mol. The third-order valence-electron chi connectivity index (χ3n) is 7.30. The van der Waals surface area contributed by atoms with Gasteiger partial charge in [0.15, 0.2) is 0 Å². The molecule has 0 saturated carbocycles. The fraction of sp³-hybridized carbons (Fsp3) is 1.00. The van der Waals surface area contributed by atoms with Gasteiger partial charge in [0.1, 0.15) is 13.6 Å². The van der Waals surface area contributed by atoms with Crippen molar-refractivity contribution in [2.75, 3.05) is 16.0 Å². The van der Waals surface area contributed by atoms with E-state index in [2.05, 4.69) is 125 Å². The summed E-state index contributed by atoms with van der Waals surface area (Å²) in [4.78, 5) is 0. The lowest BCUT2D eigenvalue weighted by atomic mass is 10.2. The second-order valence-electron chi connectivity index (χ2n) is 10.7. The number of hydrogen-bond donors (Lipinski definition) is 0. The molecule has 4 heterocycles.